The molecule has 4 rings (SSSR count). The smallest absolute Gasteiger partial charge is 0.352 e. The van der Waals surface area contributed by atoms with Gasteiger partial charge < -0.3 is 10.2 Å². The van der Waals surface area contributed by atoms with Crippen molar-refractivity contribution in [2.45, 2.75) is 19.0 Å². The van der Waals surface area contributed by atoms with Crippen LogP contribution in [0.3, 0.4) is 0 Å². The first-order valence-electron chi connectivity index (χ1n) is 8.59. The van der Waals surface area contributed by atoms with E-state index in [-0.39, 0.29) is 5.56 Å². The maximum Gasteiger partial charge on any atom is 0.416 e. The van der Waals surface area contributed by atoms with Crippen molar-refractivity contribution in [2.75, 3.05) is 26.2 Å². The van der Waals surface area contributed by atoms with E-state index in [0.717, 1.165) is 31.1 Å². The van der Waals surface area contributed by atoms with Crippen LogP contribution in [0.1, 0.15) is 28.8 Å². The molecule has 3 fully saturated rings. The minimum atomic E-state index is -4.42. The summed E-state index contributed by atoms with van der Waals surface area (Å²) in [4.78, 5) is 14.6. The number of nitrogens with zero attached hydrogens (tertiary/aromatic N) is 1. The Kier molecular flexibility index (Phi) is 3.82. The first kappa shape index (κ1) is 15.9. The summed E-state index contributed by atoms with van der Waals surface area (Å²) in [6, 6.07) is 4.60. The Bertz CT molecular complexity index is 629. The molecule has 6 heteroatoms. The Balaban J connectivity index is 1.26. The maximum atomic E-state index is 12.7. The van der Waals surface area contributed by atoms with Gasteiger partial charge in [0, 0.05) is 31.7 Å². The summed E-state index contributed by atoms with van der Waals surface area (Å²) < 4.78 is 38.1. The zero-order chi connectivity index (χ0) is 16.9. The molecular formula is C18H21F3N2O. The third kappa shape index (κ3) is 3.29. The Morgan fingerprint density at radius 2 is 1.92 bits per heavy atom. The quantitative estimate of drug-likeness (QED) is 0.895. The maximum absolute atomic E-state index is 12.7. The number of rotatable bonds is 5. The molecule has 0 aromatic heterocycles. The lowest BCUT2D eigenvalue weighted by Gasteiger charge is -2.19. The second-order valence-corrected chi connectivity index (χ2v) is 7.44. The lowest BCUT2D eigenvalue weighted by Crippen LogP contribution is -2.31. The predicted molar refractivity (Wildman–Crippen MR) is 83.4 cm³/mol. The SMILES string of the molecule is O=C(NCC1C2CN(CC3CC3)CC12)c1cccc(C(F)(F)F)c1. The van der Waals surface area contributed by atoms with Crippen LogP contribution < -0.4 is 5.32 Å². The number of piperidine rings is 1. The Hall–Kier alpha value is -1.56. The minimum absolute atomic E-state index is 0.0750. The number of hydrogen-bond donors (Lipinski definition) is 1. The molecule has 1 saturated heterocycles. The van der Waals surface area contributed by atoms with Crippen molar-refractivity contribution in [1.82, 2.24) is 10.2 Å². The van der Waals surface area contributed by atoms with E-state index in [0.29, 0.717) is 24.3 Å². The number of hydrogen-bond acceptors (Lipinski definition) is 2. The van der Waals surface area contributed by atoms with Gasteiger partial charge in [0.25, 0.3) is 5.91 Å². The van der Waals surface area contributed by atoms with Crippen LogP contribution in [-0.2, 0) is 6.18 Å². The largest absolute Gasteiger partial charge is 0.416 e. The summed E-state index contributed by atoms with van der Waals surface area (Å²) >= 11 is 0. The third-order valence-electron chi connectivity index (χ3n) is 5.61. The summed E-state index contributed by atoms with van der Waals surface area (Å²) in [5, 5.41) is 2.81. The van der Waals surface area contributed by atoms with Crippen molar-refractivity contribution in [1.29, 1.82) is 0 Å². The highest BCUT2D eigenvalue weighted by Gasteiger charge is 2.55. The fraction of sp³-hybridized carbons (Fsp3) is 0.611. The van der Waals surface area contributed by atoms with Gasteiger partial charge in [0.05, 0.1) is 5.56 Å². The van der Waals surface area contributed by atoms with Gasteiger partial charge in [-0.2, -0.15) is 13.2 Å². The summed E-state index contributed by atoms with van der Waals surface area (Å²) in [5.74, 6) is 2.30. The second kappa shape index (κ2) is 5.76. The number of alkyl halides is 3. The van der Waals surface area contributed by atoms with Crippen LogP contribution in [0, 0.1) is 23.7 Å². The molecule has 2 saturated carbocycles. The number of fused-ring (bicyclic) bond motifs is 1. The summed E-state index contributed by atoms with van der Waals surface area (Å²) in [7, 11) is 0. The van der Waals surface area contributed by atoms with E-state index in [1.807, 2.05) is 0 Å². The highest BCUT2D eigenvalue weighted by Crippen LogP contribution is 2.51. The minimum Gasteiger partial charge on any atom is -0.352 e. The average molecular weight is 338 g/mol. The van der Waals surface area contributed by atoms with E-state index in [2.05, 4.69) is 10.2 Å². The topological polar surface area (TPSA) is 32.3 Å². The fourth-order valence-corrected chi connectivity index (χ4v) is 4.00. The van der Waals surface area contributed by atoms with E-state index in [1.165, 1.54) is 31.5 Å². The van der Waals surface area contributed by atoms with Crippen LogP contribution in [0.4, 0.5) is 13.2 Å². The molecule has 0 radical (unpaired) electrons. The molecule has 3 aliphatic rings. The monoisotopic (exact) mass is 338 g/mol. The van der Waals surface area contributed by atoms with Crippen molar-refractivity contribution < 1.29 is 18.0 Å². The van der Waals surface area contributed by atoms with Gasteiger partial charge in [-0.05, 0) is 54.7 Å². The molecule has 1 heterocycles. The number of carbonyl (C=O) groups excluding carboxylic acids is 1. The van der Waals surface area contributed by atoms with Crippen molar-refractivity contribution >= 4 is 5.91 Å². The van der Waals surface area contributed by atoms with Gasteiger partial charge in [-0.15, -0.1) is 0 Å². The van der Waals surface area contributed by atoms with E-state index >= 15 is 0 Å². The highest BCUT2D eigenvalue weighted by atomic mass is 19.4. The summed E-state index contributed by atoms with van der Waals surface area (Å²) in [6.07, 6.45) is -1.69. The molecule has 0 spiro atoms. The van der Waals surface area contributed by atoms with E-state index < -0.39 is 17.6 Å². The standard InChI is InChI=1S/C18H21F3N2O/c19-18(20,21)13-3-1-2-12(6-13)17(24)22-7-14-15-9-23(10-16(14)15)8-11-4-5-11/h1-3,6,11,14-16H,4-5,7-10H2,(H,22,24). The molecule has 24 heavy (non-hydrogen) atoms. The number of amides is 1. The van der Waals surface area contributed by atoms with Crippen molar-refractivity contribution in [3.05, 3.63) is 35.4 Å². The molecule has 0 bridgehead atoms. The molecule has 3 nitrogen and oxygen atoms in total. The predicted octanol–water partition coefficient (Wildman–Crippen LogP) is 3.02. The van der Waals surface area contributed by atoms with Gasteiger partial charge >= 0.3 is 6.18 Å². The van der Waals surface area contributed by atoms with Crippen LogP contribution in [0.5, 0.6) is 0 Å². The van der Waals surface area contributed by atoms with Gasteiger partial charge in [0.1, 0.15) is 0 Å². The van der Waals surface area contributed by atoms with Crippen LogP contribution in [0.2, 0.25) is 0 Å². The number of nitrogens with one attached hydrogen (secondary N) is 1. The molecule has 2 atom stereocenters. The summed E-state index contributed by atoms with van der Waals surface area (Å²) in [6.45, 7) is 4.02. The Morgan fingerprint density at radius 3 is 2.54 bits per heavy atom. The molecule has 2 aliphatic carbocycles. The normalized spacial score (nSPS) is 29.4. The Morgan fingerprint density at radius 1 is 1.21 bits per heavy atom. The molecule has 1 N–H and O–H groups in total. The number of carbonyl (C=O) groups is 1. The molecule has 130 valence electrons. The van der Waals surface area contributed by atoms with Crippen LogP contribution in [0.15, 0.2) is 24.3 Å². The van der Waals surface area contributed by atoms with E-state index in [4.69, 9.17) is 0 Å². The van der Waals surface area contributed by atoms with Crippen LogP contribution >= 0.6 is 0 Å². The van der Waals surface area contributed by atoms with Crippen molar-refractivity contribution in [3.8, 4) is 0 Å². The molecule has 1 aromatic carbocycles. The van der Waals surface area contributed by atoms with E-state index in [1.54, 1.807) is 0 Å². The molecule has 1 aliphatic heterocycles. The van der Waals surface area contributed by atoms with Crippen LogP contribution in [0.25, 0.3) is 0 Å². The molecule has 1 amide bonds. The molecular weight excluding hydrogens is 317 g/mol. The van der Waals surface area contributed by atoms with Crippen molar-refractivity contribution in [2.24, 2.45) is 23.7 Å². The van der Waals surface area contributed by atoms with Crippen molar-refractivity contribution in [3.63, 3.8) is 0 Å². The lowest BCUT2D eigenvalue weighted by atomic mass is 10.1. The number of likely N-dealkylation sites (tertiary alicyclic amines) is 1. The molecule has 2 unspecified atom stereocenters. The number of benzene rings is 1. The third-order valence-corrected chi connectivity index (χ3v) is 5.61. The molecule has 1 aromatic rings. The zero-order valence-electron chi connectivity index (χ0n) is 13.4. The van der Waals surface area contributed by atoms with Gasteiger partial charge in [-0.25, -0.2) is 0 Å². The first-order valence-corrected chi connectivity index (χ1v) is 8.59. The zero-order valence-corrected chi connectivity index (χ0v) is 13.4. The van der Waals surface area contributed by atoms with Gasteiger partial charge in [0.2, 0.25) is 0 Å². The van der Waals surface area contributed by atoms with Crippen LogP contribution in [-0.4, -0.2) is 37.0 Å². The second-order valence-electron chi connectivity index (χ2n) is 7.44. The van der Waals surface area contributed by atoms with Gasteiger partial charge in [-0.1, -0.05) is 6.07 Å². The number of halogens is 3. The van der Waals surface area contributed by atoms with Gasteiger partial charge in [-0.3, -0.25) is 4.79 Å². The lowest BCUT2D eigenvalue weighted by molar-refractivity contribution is -0.137. The summed E-state index contributed by atoms with van der Waals surface area (Å²) in [5.41, 5.74) is -0.708. The van der Waals surface area contributed by atoms with Gasteiger partial charge in [0.15, 0.2) is 0 Å². The van der Waals surface area contributed by atoms with E-state index in [9.17, 15) is 18.0 Å². The fourth-order valence-electron chi connectivity index (χ4n) is 4.00. The Labute approximate surface area is 139 Å². The highest BCUT2D eigenvalue weighted by molar-refractivity contribution is 5.94. The first-order chi connectivity index (χ1) is 11.4. The average Bonchev–Trinajstić information content (AvgIpc) is 3.43.